The van der Waals surface area contributed by atoms with Crippen molar-refractivity contribution in [2.24, 2.45) is 0 Å². The van der Waals surface area contributed by atoms with E-state index in [0.29, 0.717) is 22.3 Å². The molecule has 33 heavy (non-hydrogen) atoms. The lowest BCUT2D eigenvalue weighted by Crippen LogP contribution is -2.07. The Bertz CT molecular complexity index is 1330. The Morgan fingerprint density at radius 2 is 1.73 bits per heavy atom. The van der Waals surface area contributed by atoms with Gasteiger partial charge in [-0.25, -0.2) is 0 Å². The number of fused-ring (bicyclic) bond motifs is 1. The third kappa shape index (κ3) is 4.98. The first-order valence-corrected chi connectivity index (χ1v) is 10.2. The number of aromatic nitrogens is 1. The highest BCUT2D eigenvalue weighted by Crippen LogP contribution is 2.38. The fourth-order valence-corrected chi connectivity index (χ4v) is 3.85. The van der Waals surface area contributed by atoms with Crippen LogP contribution < -0.4 is 4.74 Å². The van der Waals surface area contributed by atoms with E-state index in [0.717, 1.165) is 22.8 Å². The maximum atomic E-state index is 13.5. The van der Waals surface area contributed by atoms with Gasteiger partial charge < -0.3 is 9.84 Å². The molecule has 1 heterocycles. The predicted molar refractivity (Wildman–Crippen MR) is 119 cm³/mol. The number of carboxylic acid groups (broad SMARTS) is 1. The second-order valence-corrected chi connectivity index (χ2v) is 7.72. The molecular formula is C26H20F3NO3. The molecule has 168 valence electrons. The molecule has 0 radical (unpaired) electrons. The molecular weight excluding hydrogens is 431 g/mol. The molecule has 0 saturated heterocycles. The van der Waals surface area contributed by atoms with Gasteiger partial charge >= 0.3 is 12.1 Å². The first kappa shape index (κ1) is 22.3. The van der Waals surface area contributed by atoms with Gasteiger partial charge in [-0.05, 0) is 52.9 Å². The molecule has 3 aromatic carbocycles. The lowest BCUT2D eigenvalue weighted by molar-refractivity contribution is -0.137. The van der Waals surface area contributed by atoms with Gasteiger partial charge in [-0.1, -0.05) is 48.5 Å². The van der Waals surface area contributed by atoms with Crippen molar-refractivity contribution in [2.75, 3.05) is 0 Å². The van der Waals surface area contributed by atoms with E-state index in [1.54, 1.807) is 42.5 Å². The lowest BCUT2D eigenvalue weighted by atomic mass is 9.95. The van der Waals surface area contributed by atoms with Gasteiger partial charge in [0.05, 0.1) is 17.5 Å². The Labute approximate surface area is 188 Å². The average Bonchev–Trinajstić information content (AvgIpc) is 2.76. The van der Waals surface area contributed by atoms with Crippen LogP contribution >= 0.6 is 0 Å². The van der Waals surface area contributed by atoms with Crippen molar-refractivity contribution in [1.29, 1.82) is 0 Å². The van der Waals surface area contributed by atoms with E-state index >= 15 is 0 Å². The Morgan fingerprint density at radius 3 is 2.48 bits per heavy atom. The van der Waals surface area contributed by atoms with E-state index in [4.69, 9.17) is 9.84 Å². The maximum absolute atomic E-state index is 13.5. The number of benzene rings is 3. The summed E-state index contributed by atoms with van der Waals surface area (Å²) in [6, 6.07) is 18.4. The number of alkyl halides is 3. The molecule has 7 heteroatoms. The highest BCUT2D eigenvalue weighted by Gasteiger charge is 2.33. The number of hydrogen-bond donors (Lipinski definition) is 1. The number of para-hydroxylation sites is 1. The summed E-state index contributed by atoms with van der Waals surface area (Å²) >= 11 is 0. The predicted octanol–water partition coefficient (Wildman–Crippen LogP) is 6.44. The number of pyridine rings is 1. The number of nitrogens with zero attached hydrogens (tertiary/aromatic N) is 1. The van der Waals surface area contributed by atoms with Crippen LogP contribution in [0.4, 0.5) is 13.2 Å². The van der Waals surface area contributed by atoms with Crippen molar-refractivity contribution in [1.82, 2.24) is 4.98 Å². The Balaban J connectivity index is 1.66. The van der Waals surface area contributed by atoms with Crippen molar-refractivity contribution < 1.29 is 27.8 Å². The monoisotopic (exact) mass is 451 g/mol. The molecule has 0 aliphatic rings. The number of halogens is 3. The molecule has 0 aliphatic carbocycles. The third-order valence-corrected chi connectivity index (χ3v) is 5.27. The maximum Gasteiger partial charge on any atom is 0.418 e. The number of carbonyl (C=O) groups is 1. The number of ether oxygens (including phenoxy) is 1. The van der Waals surface area contributed by atoms with Gasteiger partial charge in [0.15, 0.2) is 0 Å². The minimum atomic E-state index is -4.50. The largest absolute Gasteiger partial charge is 0.489 e. The minimum Gasteiger partial charge on any atom is -0.489 e. The summed E-state index contributed by atoms with van der Waals surface area (Å²) in [5.41, 5.74) is 2.77. The summed E-state index contributed by atoms with van der Waals surface area (Å²) in [6.07, 6.45) is -3.12. The van der Waals surface area contributed by atoms with Crippen LogP contribution in [0.25, 0.3) is 22.0 Å². The van der Waals surface area contributed by atoms with Crippen LogP contribution in [0, 0.1) is 6.92 Å². The molecule has 0 aliphatic heterocycles. The molecule has 0 spiro atoms. The van der Waals surface area contributed by atoms with Gasteiger partial charge in [-0.2, -0.15) is 13.2 Å². The molecule has 0 amide bonds. The summed E-state index contributed by atoms with van der Waals surface area (Å²) in [7, 11) is 0. The van der Waals surface area contributed by atoms with Crippen LogP contribution in [0.15, 0.2) is 72.9 Å². The van der Waals surface area contributed by atoms with Gasteiger partial charge in [0.25, 0.3) is 0 Å². The number of aryl methyl sites for hydroxylation is 1. The second-order valence-electron chi connectivity index (χ2n) is 7.72. The third-order valence-electron chi connectivity index (χ3n) is 5.27. The topological polar surface area (TPSA) is 59.4 Å². The van der Waals surface area contributed by atoms with Crippen molar-refractivity contribution >= 4 is 16.9 Å². The first-order chi connectivity index (χ1) is 15.7. The summed E-state index contributed by atoms with van der Waals surface area (Å²) in [5.74, 6) is -0.359. The smallest absolute Gasteiger partial charge is 0.418 e. The summed E-state index contributed by atoms with van der Waals surface area (Å²) in [4.78, 5) is 15.0. The fourth-order valence-electron chi connectivity index (χ4n) is 3.85. The normalized spacial score (nSPS) is 11.5. The Hall–Kier alpha value is -3.87. The zero-order chi connectivity index (χ0) is 23.6. The van der Waals surface area contributed by atoms with Crippen LogP contribution in [0.2, 0.25) is 0 Å². The fraction of sp³-hybridized carbons (Fsp3) is 0.154. The second kappa shape index (κ2) is 8.94. The van der Waals surface area contributed by atoms with Crippen molar-refractivity contribution in [3.8, 4) is 16.9 Å². The first-order valence-electron chi connectivity index (χ1n) is 10.2. The zero-order valence-electron chi connectivity index (χ0n) is 17.7. The number of rotatable bonds is 6. The molecule has 0 saturated carbocycles. The molecule has 0 atom stereocenters. The van der Waals surface area contributed by atoms with E-state index in [9.17, 15) is 18.0 Å². The molecule has 4 aromatic rings. The number of aliphatic carboxylic acids is 1. The highest BCUT2D eigenvalue weighted by molar-refractivity contribution is 5.97. The molecule has 1 aromatic heterocycles. The Morgan fingerprint density at radius 1 is 1.00 bits per heavy atom. The molecule has 0 unspecified atom stereocenters. The zero-order valence-corrected chi connectivity index (χ0v) is 17.7. The molecule has 4 rings (SSSR count). The average molecular weight is 451 g/mol. The van der Waals surface area contributed by atoms with E-state index in [1.165, 1.54) is 12.3 Å². The molecule has 1 N–H and O–H groups in total. The van der Waals surface area contributed by atoms with E-state index < -0.39 is 17.7 Å². The summed E-state index contributed by atoms with van der Waals surface area (Å²) < 4.78 is 46.4. The van der Waals surface area contributed by atoms with E-state index in [-0.39, 0.29) is 18.5 Å². The van der Waals surface area contributed by atoms with Crippen LogP contribution in [-0.2, 0) is 24.0 Å². The molecule has 0 fully saturated rings. The van der Waals surface area contributed by atoms with Gasteiger partial charge in [-0.15, -0.1) is 0 Å². The van der Waals surface area contributed by atoms with Crippen LogP contribution in [0.5, 0.6) is 5.75 Å². The number of carboxylic acids is 1. The number of hydrogen-bond acceptors (Lipinski definition) is 3. The van der Waals surface area contributed by atoms with Crippen molar-refractivity contribution in [2.45, 2.75) is 26.1 Å². The van der Waals surface area contributed by atoms with Gasteiger partial charge in [0.1, 0.15) is 12.4 Å². The van der Waals surface area contributed by atoms with Crippen molar-refractivity contribution in [3.63, 3.8) is 0 Å². The van der Waals surface area contributed by atoms with Crippen LogP contribution in [0.3, 0.4) is 0 Å². The SMILES string of the molecule is Cc1cnc2c(C(F)(F)F)cccc2c1-c1cccc(OCc2cccc(CC(=O)O)c2)c1. The van der Waals surface area contributed by atoms with E-state index in [2.05, 4.69) is 4.98 Å². The standard InChI is InChI=1S/C26H20F3NO3/c1-16-14-30-25-21(9-4-10-22(25)26(27,28)29)24(16)19-7-3-8-20(13-19)33-15-18-6-2-5-17(11-18)12-23(31)32/h2-11,13-14H,12,15H2,1H3,(H,31,32). The summed E-state index contributed by atoms with van der Waals surface area (Å²) in [5, 5.41) is 9.39. The van der Waals surface area contributed by atoms with Gasteiger partial charge in [-0.3, -0.25) is 9.78 Å². The van der Waals surface area contributed by atoms with E-state index in [1.807, 2.05) is 19.1 Å². The van der Waals surface area contributed by atoms with Crippen LogP contribution in [-0.4, -0.2) is 16.1 Å². The lowest BCUT2D eigenvalue weighted by Gasteiger charge is -2.15. The minimum absolute atomic E-state index is 0.0718. The molecule has 4 nitrogen and oxygen atoms in total. The van der Waals surface area contributed by atoms with Crippen LogP contribution in [0.1, 0.15) is 22.3 Å². The van der Waals surface area contributed by atoms with Crippen molar-refractivity contribution in [3.05, 3.63) is 95.2 Å². The molecule has 0 bridgehead atoms. The quantitative estimate of drug-likeness (QED) is 0.367. The Kier molecular flexibility index (Phi) is 6.05. The summed E-state index contributed by atoms with van der Waals surface area (Å²) in [6.45, 7) is 2.04. The van der Waals surface area contributed by atoms with Gasteiger partial charge in [0.2, 0.25) is 0 Å². The highest BCUT2D eigenvalue weighted by atomic mass is 19.4. The van der Waals surface area contributed by atoms with Gasteiger partial charge in [0, 0.05) is 11.6 Å².